The SMILES string of the molecule is Cc1ccc(-c2ccc(=O)n(CC(=O)Nc3ccc(Cl)cc3)n2)c(C)c1. The van der Waals surface area contributed by atoms with Gasteiger partial charge in [0, 0.05) is 22.3 Å². The summed E-state index contributed by atoms with van der Waals surface area (Å²) in [5.41, 5.74) is 4.09. The molecule has 3 aromatic rings. The van der Waals surface area contributed by atoms with Gasteiger partial charge >= 0.3 is 0 Å². The van der Waals surface area contributed by atoms with Crippen molar-refractivity contribution in [1.29, 1.82) is 0 Å². The largest absolute Gasteiger partial charge is 0.324 e. The Hall–Kier alpha value is -2.92. The van der Waals surface area contributed by atoms with Crippen molar-refractivity contribution in [3.05, 3.63) is 81.1 Å². The van der Waals surface area contributed by atoms with Crippen LogP contribution in [0.1, 0.15) is 11.1 Å². The van der Waals surface area contributed by atoms with Crippen molar-refractivity contribution in [3.8, 4) is 11.3 Å². The molecule has 0 saturated carbocycles. The molecular weight excluding hydrogens is 350 g/mol. The third kappa shape index (κ3) is 4.18. The molecule has 0 fully saturated rings. The Morgan fingerprint density at radius 2 is 1.81 bits per heavy atom. The van der Waals surface area contributed by atoms with E-state index >= 15 is 0 Å². The average Bonchev–Trinajstić information content (AvgIpc) is 2.59. The van der Waals surface area contributed by atoms with Crippen LogP contribution in [0.15, 0.2) is 59.4 Å². The van der Waals surface area contributed by atoms with Crippen LogP contribution in [-0.4, -0.2) is 15.7 Å². The van der Waals surface area contributed by atoms with Crippen LogP contribution in [0.2, 0.25) is 5.02 Å². The van der Waals surface area contributed by atoms with E-state index in [4.69, 9.17) is 11.6 Å². The van der Waals surface area contributed by atoms with E-state index in [0.29, 0.717) is 16.4 Å². The Morgan fingerprint density at radius 1 is 1.08 bits per heavy atom. The molecule has 0 aliphatic rings. The molecule has 6 heteroatoms. The van der Waals surface area contributed by atoms with Crippen LogP contribution in [0.25, 0.3) is 11.3 Å². The summed E-state index contributed by atoms with van der Waals surface area (Å²) in [5.74, 6) is -0.334. The number of halogens is 1. The fourth-order valence-corrected chi connectivity index (χ4v) is 2.80. The zero-order valence-corrected chi connectivity index (χ0v) is 15.2. The Labute approximate surface area is 156 Å². The Bertz CT molecular complexity index is 1010. The van der Waals surface area contributed by atoms with Gasteiger partial charge in [0.25, 0.3) is 5.56 Å². The summed E-state index contributed by atoms with van der Waals surface area (Å²) in [6, 6.07) is 15.9. The van der Waals surface area contributed by atoms with Crippen molar-refractivity contribution < 1.29 is 4.79 Å². The van der Waals surface area contributed by atoms with Crippen LogP contribution in [0.5, 0.6) is 0 Å². The van der Waals surface area contributed by atoms with E-state index in [1.54, 1.807) is 30.3 Å². The lowest BCUT2D eigenvalue weighted by molar-refractivity contribution is -0.117. The van der Waals surface area contributed by atoms with Gasteiger partial charge < -0.3 is 5.32 Å². The Balaban J connectivity index is 1.82. The van der Waals surface area contributed by atoms with E-state index in [2.05, 4.69) is 16.5 Å². The van der Waals surface area contributed by atoms with Gasteiger partial charge in [-0.3, -0.25) is 9.59 Å². The maximum absolute atomic E-state index is 12.2. The van der Waals surface area contributed by atoms with Gasteiger partial charge in [-0.05, 0) is 49.7 Å². The summed E-state index contributed by atoms with van der Waals surface area (Å²) in [6.07, 6.45) is 0. The molecule has 1 amide bonds. The van der Waals surface area contributed by atoms with E-state index in [1.807, 2.05) is 26.0 Å². The summed E-state index contributed by atoms with van der Waals surface area (Å²) in [6.45, 7) is 3.85. The topological polar surface area (TPSA) is 64.0 Å². The second kappa shape index (κ2) is 7.54. The first-order valence-corrected chi connectivity index (χ1v) is 8.51. The van der Waals surface area contributed by atoms with E-state index in [0.717, 1.165) is 16.7 Å². The van der Waals surface area contributed by atoms with Crippen LogP contribution >= 0.6 is 11.6 Å². The molecule has 26 heavy (non-hydrogen) atoms. The summed E-state index contributed by atoms with van der Waals surface area (Å²) in [4.78, 5) is 24.3. The van der Waals surface area contributed by atoms with Gasteiger partial charge in [0.15, 0.2) is 0 Å². The van der Waals surface area contributed by atoms with E-state index in [9.17, 15) is 9.59 Å². The molecule has 1 aromatic heterocycles. The van der Waals surface area contributed by atoms with Gasteiger partial charge in [-0.25, -0.2) is 4.68 Å². The van der Waals surface area contributed by atoms with Gasteiger partial charge in [-0.2, -0.15) is 5.10 Å². The molecule has 0 unspecified atom stereocenters. The van der Waals surface area contributed by atoms with Crippen molar-refractivity contribution >= 4 is 23.2 Å². The molecule has 0 bridgehead atoms. The molecule has 0 saturated heterocycles. The molecular formula is C20H18ClN3O2. The predicted molar refractivity (Wildman–Crippen MR) is 103 cm³/mol. The molecule has 5 nitrogen and oxygen atoms in total. The van der Waals surface area contributed by atoms with E-state index in [1.165, 1.54) is 10.7 Å². The molecule has 1 heterocycles. The van der Waals surface area contributed by atoms with E-state index in [-0.39, 0.29) is 18.0 Å². The van der Waals surface area contributed by atoms with Crippen molar-refractivity contribution in [2.75, 3.05) is 5.32 Å². The first kappa shape index (κ1) is 17.9. The summed E-state index contributed by atoms with van der Waals surface area (Å²) >= 11 is 5.83. The number of rotatable bonds is 4. The Kier molecular flexibility index (Phi) is 5.19. The van der Waals surface area contributed by atoms with Crippen LogP contribution in [0.3, 0.4) is 0 Å². The number of nitrogens with zero attached hydrogens (tertiary/aromatic N) is 2. The summed E-state index contributed by atoms with van der Waals surface area (Å²) < 4.78 is 1.17. The minimum absolute atomic E-state index is 0.166. The molecule has 132 valence electrons. The second-order valence-electron chi connectivity index (χ2n) is 6.09. The zero-order valence-electron chi connectivity index (χ0n) is 14.5. The number of carbonyl (C=O) groups is 1. The molecule has 3 rings (SSSR count). The number of hydrogen-bond donors (Lipinski definition) is 1. The highest BCUT2D eigenvalue weighted by atomic mass is 35.5. The Morgan fingerprint density at radius 3 is 2.50 bits per heavy atom. The van der Waals surface area contributed by atoms with E-state index < -0.39 is 0 Å². The number of benzene rings is 2. The second-order valence-corrected chi connectivity index (χ2v) is 6.52. The summed E-state index contributed by atoms with van der Waals surface area (Å²) in [5, 5.41) is 7.66. The molecule has 2 aromatic carbocycles. The van der Waals surface area contributed by atoms with Crippen molar-refractivity contribution in [2.24, 2.45) is 0 Å². The maximum Gasteiger partial charge on any atom is 0.267 e. The van der Waals surface area contributed by atoms with Crippen LogP contribution in [0.4, 0.5) is 5.69 Å². The number of amides is 1. The number of nitrogens with one attached hydrogen (secondary N) is 1. The van der Waals surface area contributed by atoms with Crippen LogP contribution in [-0.2, 0) is 11.3 Å². The normalized spacial score (nSPS) is 10.6. The van der Waals surface area contributed by atoms with Gasteiger partial charge in [-0.1, -0.05) is 35.4 Å². The molecule has 1 N–H and O–H groups in total. The van der Waals surface area contributed by atoms with Crippen molar-refractivity contribution in [2.45, 2.75) is 20.4 Å². The minimum Gasteiger partial charge on any atom is -0.324 e. The van der Waals surface area contributed by atoms with Gasteiger partial charge in [0.1, 0.15) is 6.54 Å². The predicted octanol–water partition coefficient (Wildman–Crippen LogP) is 3.82. The lowest BCUT2D eigenvalue weighted by Crippen LogP contribution is -2.29. The average molecular weight is 368 g/mol. The highest BCUT2D eigenvalue weighted by molar-refractivity contribution is 6.30. The van der Waals surface area contributed by atoms with Crippen molar-refractivity contribution in [3.63, 3.8) is 0 Å². The summed E-state index contributed by atoms with van der Waals surface area (Å²) in [7, 11) is 0. The molecule has 0 radical (unpaired) electrons. The third-order valence-corrected chi connectivity index (χ3v) is 4.20. The van der Waals surface area contributed by atoms with Crippen LogP contribution in [0, 0.1) is 13.8 Å². The monoisotopic (exact) mass is 367 g/mol. The number of aryl methyl sites for hydroxylation is 2. The quantitative estimate of drug-likeness (QED) is 0.762. The fourth-order valence-electron chi connectivity index (χ4n) is 2.68. The molecule has 0 atom stereocenters. The van der Waals surface area contributed by atoms with Gasteiger partial charge in [0.2, 0.25) is 5.91 Å². The maximum atomic E-state index is 12.2. The third-order valence-electron chi connectivity index (χ3n) is 3.95. The molecule has 0 spiro atoms. The lowest BCUT2D eigenvalue weighted by Gasteiger charge is -2.10. The van der Waals surface area contributed by atoms with Gasteiger partial charge in [-0.15, -0.1) is 0 Å². The molecule has 0 aliphatic heterocycles. The number of aromatic nitrogens is 2. The first-order valence-electron chi connectivity index (χ1n) is 8.13. The van der Waals surface area contributed by atoms with Crippen LogP contribution < -0.4 is 10.9 Å². The van der Waals surface area contributed by atoms with Crippen molar-refractivity contribution in [1.82, 2.24) is 9.78 Å². The fraction of sp³-hybridized carbons (Fsp3) is 0.150. The first-order chi connectivity index (χ1) is 12.4. The zero-order chi connectivity index (χ0) is 18.7. The molecule has 0 aliphatic carbocycles. The number of hydrogen-bond acceptors (Lipinski definition) is 3. The van der Waals surface area contributed by atoms with Gasteiger partial charge in [0.05, 0.1) is 5.69 Å². The highest BCUT2D eigenvalue weighted by Crippen LogP contribution is 2.21. The number of anilines is 1. The smallest absolute Gasteiger partial charge is 0.267 e. The number of carbonyl (C=O) groups excluding carboxylic acids is 1. The standard InChI is InChI=1S/C20H18ClN3O2/c1-13-3-8-17(14(2)11-13)18-9-10-20(26)24(23-18)12-19(25)22-16-6-4-15(21)5-7-16/h3-11H,12H2,1-2H3,(H,22,25). The highest BCUT2D eigenvalue weighted by Gasteiger charge is 2.10. The minimum atomic E-state index is -0.334. The lowest BCUT2D eigenvalue weighted by atomic mass is 10.0.